The fourth-order valence-corrected chi connectivity index (χ4v) is 0.996. The van der Waals surface area contributed by atoms with E-state index < -0.39 is 0 Å². The van der Waals surface area contributed by atoms with Crippen LogP contribution in [0.4, 0.5) is 0 Å². The van der Waals surface area contributed by atoms with E-state index in [9.17, 15) is 5.11 Å². The summed E-state index contributed by atoms with van der Waals surface area (Å²) in [5.74, 6) is 0.229. The molecule has 1 aromatic rings. The molecular weight excluding hydrogens is 211 g/mol. The third kappa shape index (κ3) is 3.03. The molecule has 0 atom stereocenters. The van der Waals surface area contributed by atoms with Gasteiger partial charge in [0, 0.05) is 18.3 Å². The smallest absolute Gasteiger partial charge is 0.141 e. The Bertz CT molecular complexity index is 279. The van der Waals surface area contributed by atoms with E-state index in [4.69, 9.17) is 5.73 Å². The van der Waals surface area contributed by atoms with Crippen molar-refractivity contribution in [2.75, 3.05) is 0 Å². The van der Waals surface area contributed by atoms with E-state index in [1.807, 2.05) is 6.92 Å². The second-order valence-electron chi connectivity index (χ2n) is 2.56. The molecular formula is C8H14Cl2N2O. The standard InChI is InChI=1S/C8H12N2O.2ClH/c1-5-4-10-6(2)8(11)7(5)3-9;;/h4,11H,3,9H2,1-2H3;2*1H. The van der Waals surface area contributed by atoms with Crippen molar-refractivity contribution in [2.24, 2.45) is 5.73 Å². The number of aryl methyl sites for hydroxylation is 2. The molecule has 0 aliphatic heterocycles. The maximum absolute atomic E-state index is 9.44. The number of aromatic hydroxyl groups is 1. The first-order valence-corrected chi connectivity index (χ1v) is 3.51. The molecule has 3 nitrogen and oxygen atoms in total. The van der Waals surface area contributed by atoms with Gasteiger partial charge in [-0.15, -0.1) is 24.8 Å². The normalized spacial score (nSPS) is 8.54. The molecule has 0 radical (unpaired) electrons. The molecule has 13 heavy (non-hydrogen) atoms. The summed E-state index contributed by atoms with van der Waals surface area (Å²) in [5.41, 5.74) is 7.80. The molecule has 3 N–H and O–H groups in total. The molecule has 1 rings (SSSR count). The zero-order valence-corrected chi connectivity index (χ0v) is 9.21. The van der Waals surface area contributed by atoms with Gasteiger partial charge in [0.25, 0.3) is 0 Å². The van der Waals surface area contributed by atoms with Gasteiger partial charge >= 0.3 is 0 Å². The largest absolute Gasteiger partial charge is 0.506 e. The topological polar surface area (TPSA) is 59.1 Å². The van der Waals surface area contributed by atoms with Crippen LogP contribution in [0.5, 0.6) is 5.75 Å². The van der Waals surface area contributed by atoms with Gasteiger partial charge in [0.2, 0.25) is 0 Å². The Morgan fingerprint density at radius 1 is 1.38 bits per heavy atom. The van der Waals surface area contributed by atoms with Crippen molar-refractivity contribution in [2.45, 2.75) is 20.4 Å². The van der Waals surface area contributed by atoms with Crippen molar-refractivity contribution in [3.8, 4) is 5.75 Å². The van der Waals surface area contributed by atoms with Gasteiger partial charge in [-0.05, 0) is 19.4 Å². The quantitative estimate of drug-likeness (QED) is 0.764. The molecule has 1 aromatic heterocycles. The first-order valence-electron chi connectivity index (χ1n) is 3.51. The van der Waals surface area contributed by atoms with Crippen LogP contribution in [0.15, 0.2) is 6.20 Å². The lowest BCUT2D eigenvalue weighted by Gasteiger charge is -2.06. The minimum atomic E-state index is 0. The number of rotatable bonds is 1. The molecule has 0 fully saturated rings. The van der Waals surface area contributed by atoms with Gasteiger partial charge in [-0.3, -0.25) is 4.98 Å². The fraction of sp³-hybridized carbons (Fsp3) is 0.375. The molecule has 5 heteroatoms. The Morgan fingerprint density at radius 2 is 1.92 bits per heavy atom. The molecule has 0 unspecified atom stereocenters. The highest BCUT2D eigenvalue weighted by molar-refractivity contribution is 5.85. The van der Waals surface area contributed by atoms with Crippen molar-refractivity contribution in [3.63, 3.8) is 0 Å². The van der Waals surface area contributed by atoms with Crippen molar-refractivity contribution in [1.82, 2.24) is 4.98 Å². The highest BCUT2D eigenvalue weighted by Crippen LogP contribution is 2.21. The monoisotopic (exact) mass is 224 g/mol. The van der Waals surface area contributed by atoms with Crippen molar-refractivity contribution in [3.05, 3.63) is 23.0 Å². The van der Waals surface area contributed by atoms with E-state index in [0.29, 0.717) is 12.2 Å². The number of halogens is 2. The second-order valence-corrected chi connectivity index (χ2v) is 2.56. The number of aromatic nitrogens is 1. The zero-order chi connectivity index (χ0) is 8.43. The molecule has 0 saturated heterocycles. The summed E-state index contributed by atoms with van der Waals surface area (Å²) in [4.78, 5) is 3.98. The van der Waals surface area contributed by atoms with E-state index in [1.54, 1.807) is 13.1 Å². The summed E-state index contributed by atoms with van der Waals surface area (Å²) >= 11 is 0. The summed E-state index contributed by atoms with van der Waals surface area (Å²) < 4.78 is 0. The van der Waals surface area contributed by atoms with Crippen LogP contribution < -0.4 is 5.73 Å². The lowest BCUT2D eigenvalue weighted by Crippen LogP contribution is -2.01. The van der Waals surface area contributed by atoms with Gasteiger partial charge in [-0.1, -0.05) is 0 Å². The van der Waals surface area contributed by atoms with E-state index in [-0.39, 0.29) is 30.6 Å². The SMILES string of the molecule is Cc1cnc(C)c(O)c1CN.Cl.Cl. The van der Waals surface area contributed by atoms with Gasteiger partial charge in [0.15, 0.2) is 0 Å². The third-order valence-electron chi connectivity index (χ3n) is 1.76. The fourth-order valence-electron chi connectivity index (χ4n) is 0.996. The van der Waals surface area contributed by atoms with Crippen molar-refractivity contribution in [1.29, 1.82) is 0 Å². The average Bonchev–Trinajstić information content (AvgIpc) is 1.99. The first kappa shape index (κ1) is 15.0. The minimum absolute atomic E-state index is 0. The molecule has 0 spiro atoms. The van der Waals surface area contributed by atoms with E-state index >= 15 is 0 Å². The highest BCUT2D eigenvalue weighted by Gasteiger charge is 2.05. The summed E-state index contributed by atoms with van der Waals surface area (Å²) in [6.45, 7) is 4.00. The van der Waals surface area contributed by atoms with Gasteiger partial charge in [-0.2, -0.15) is 0 Å². The highest BCUT2D eigenvalue weighted by atomic mass is 35.5. The number of nitrogens with zero attached hydrogens (tertiary/aromatic N) is 1. The van der Waals surface area contributed by atoms with Crippen LogP contribution in [0.3, 0.4) is 0 Å². The van der Waals surface area contributed by atoms with Crippen LogP contribution in [0.25, 0.3) is 0 Å². The summed E-state index contributed by atoms with van der Waals surface area (Å²) in [7, 11) is 0. The maximum atomic E-state index is 9.44. The van der Waals surface area contributed by atoms with Crippen LogP contribution in [0.1, 0.15) is 16.8 Å². The number of hydrogen-bond donors (Lipinski definition) is 2. The predicted octanol–water partition coefficient (Wildman–Crippen LogP) is 1.71. The van der Waals surface area contributed by atoms with Crippen LogP contribution >= 0.6 is 24.8 Å². The Morgan fingerprint density at radius 3 is 2.31 bits per heavy atom. The van der Waals surface area contributed by atoms with Crippen molar-refractivity contribution < 1.29 is 5.11 Å². The summed E-state index contributed by atoms with van der Waals surface area (Å²) in [6, 6.07) is 0. The summed E-state index contributed by atoms with van der Waals surface area (Å²) in [6.07, 6.45) is 1.72. The average molecular weight is 225 g/mol. The molecule has 1 heterocycles. The Balaban J connectivity index is 0. The molecule has 0 aromatic carbocycles. The molecule has 0 aliphatic carbocycles. The number of hydrogen-bond acceptors (Lipinski definition) is 3. The Kier molecular flexibility index (Phi) is 6.94. The van der Waals surface area contributed by atoms with Crippen LogP contribution in [0.2, 0.25) is 0 Å². The van der Waals surface area contributed by atoms with Gasteiger partial charge < -0.3 is 10.8 Å². The molecule has 0 amide bonds. The second kappa shape index (κ2) is 6.02. The van der Waals surface area contributed by atoms with Crippen LogP contribution in [0, 0.1) is 13.8 Å². The number of pyridine rings is 1. The lowest BCUT2D eigenvalue weighted by atomic mass is 10.1. The van der Waals surface area contributed by atoms with E-state index in [1.165, 1.54) is 0 Å². The minimum Gasteiger partial charge on any atom is -0.506 e. The molecule has 0 aliphatic rings. The molecule has 0 saturated carbocycles. The lowest BCUT2D eigenvalue weighted by molar-refractivity contribution is 0.459. The molecule has 0 bridgehead atoms. The van der Waals surface area contributed by atoms with Gasteiger partial charge in [0.05, 0.1) is 5.69 Å². The van der Waals surface area contributed by atoms with Crippen LogP contribution in [-0.4, -0.2) is 10.1 Å². The Labute approximate surface area is 90.2 Å². The van der Waals surface area contributed by atoms with Gasteiger partial charge in [-0.25, -0.2) is 0 Å². The zero-order valence-electron chi connectivity index (χ0n) is 7.57. The predicted molar refractivity (Wildman–Crippen MR) is 57.8 cm³/mol. The first-order chi connectivity index (χ1) is 5.16. The van der Waals surface area contributed by atoms with Gasteiger partial charge in [0.1, 0.15) is 5.75 Å². The molecule has 76 valence electrons. The maximum Gasteiger partial charge on any atom is 0.141 e. The summed E-state index contributed by atoms with van der Waals surface area (Å²) in [5, 5.41) is 9.44. The third-order valence-corrected chi connectivity index (χ3v) is 1.76. The van der Waals surface area contributed by atoms with E-state index in [0.717, 1.165) is 11.1 Å². The van der Waals surface area contributed by atoms with E-state index in [2.05, 4.69) is 4.98 Å². The van der Waals surface area contributed by atoms with Crippen molar-refractivity contribution >= 4 is 24.8 Å². The Hall–Kier alpha value is -0.510. The van der Waals surface area contributed by atoms with Crippen LogP contribution in [-0.2, 0) is 6.54 Å². The number of nitrogens with two attached hydrogens (primary N) is 1.